The molecule has 94 valence electrons. The molecule has 1 heterocycles. The summed E-state index contributed by atoms with van der Waals surface area (Å²) in [7, 11) is 0. The number of piperidine rings is 1. The highest BCUT2D eigenvalue weighted by molar-refractivity contribution is 5.20. The minimum atomic E-state index is -0.521. The fourth-order valence-corrected chi connectivity index (χ4v) is 2.20. The summed E-state index contributed by atoms with van der Waals surface area (Å²) in [6, 6.07) is 3.59. The molecule has 1 aliphatic rings. The van der Waals surface area contributed by atoms with E-state index < -0.39 is 11.6 Å². The lowest BCUT2D eigenvalue weighted by molar-refractivity contribution is 0.133. The van der Waals surface area contributed by atoms with Gasteiger partial charge in [0.05, 0.1) is 0 Å². The summed E-state index contributed by atoms with van der Waals surface area (Å²) in [5.74, 6) is -1.04. The Hall–Kier alpha value is -1.00. The number of benzene rings is 1. The third-order valence-corrected chi connectivity index (χ3v) is 3.12. The first-order chi connectivity index (χ1) is 8.15. The maximum Gasteiger partial charge on any atom is 0.126 e. The SMILES string of the molecule is CC(NN1CCCCC1)c1cc(F)cc(F)c1. The van der Waals surface area contributed by atoms with Crippen LogP contribution in [0.2, 0.25) is 0 Å². The predicted molar refractivity (Wildman–Crippen MR) is 63.3 cm³/mol. The second-order valence-corrected chi connectivity index (χ2v) is 4.60. The number of hydrogen-bond donors (Lipinski definition) is 1. The fourth-order valence-electron chi connectivity index (χ4n) is 2.20. The van der Waals surface area contributed by atoms with E-state index in [0.29, 0.717) is 5.56 Å². The van der Waals surface area contributed by atoms with Gasteiger partial charge in [-0.05, 0) is 37.5 Å². The molecule has 1 saturated heterocycles. The summed E-state index contributed by atoms with van der Waals surface area (Å²) in [4.78, 5) is 0. The van der Waals surface area contributed by atoms with Crippen molar-refractivity contribution in [2.24, 2.45) is 0 Å². The lowest BCUT2D eigenvalue weighted by Crippen LogP contribution is -2.42. The van der Waals surface area contributed by atoms with Crippen LogP contribution in [0.1, 0.15) is 37.8 Å². The van der Waals surface area contributed by atoms with Crippen LogP contribution in [0, 0.1) is 11.6 Å². The molecule has 0 amide bonds. The molecule has 1 aromatic rings. The molecule has 1 aromatic carbocycles. The van der Waals surface area contributed by atoms with E-state index in [-0.39, 0.29) is 6.04 Å². The highest BCUT2D eigenvalue weighted by Gasteiger charge is 2.14. The van der Waals surface area contributed by atoms with Crippen molar-refractivity contribution >= 4 is 0 Å². The Morgan fingerprint density at radius 1 is 1.06 bits per heavy atom. The van der Waals surface area contributed by atoms with Gasteiger partial charge in [0.15, 0.2) is 0 Å². The smallest absolute Gasteiger partial charge is 0.126 e. The zero-order chi connectivity index (χ0) is 12.3. The van der Waals surface area contributed by atoms with Crippen LogP contribution in [-0.4, -0.2) is 18.1 Å². The van der Waals surface area contributed by atoms with Crippen LogP contribution in [0.15, 0.2) is 18.2 Å². The van der Waals surface area contributed by atoms with Crippen molar-refractivity contribution in [3.63, 3.8) is 0 Å². The summed E-state index contributed by atoms with van der Waals surface area (Å²) in [5, 5.41) is 2.14. The summed E-state index contributed by atoms with van der Waals surface area (Å²) in [6.07, 6.45) is 3.62. The first-order valence-corrected chi connectivity index (χ1v) is 6.12. The monoisotopic (exact) mass is 240 g/mol. The quantitative estimate of drug-likeness (QED) is 0.873. The molecule has 4 heteroatoms. The Labute approximate surface area is 101 Å². The van der Waals surface area contributed by atoms with Crippen molar-refractivity contribution in [2.75, 3.05) is 13.1 Å². The van der Waals surface area contributed by atoms with Gasteiger partial charge >= 0.3 is 0 Å². The summed E-state index contributed by atoms with van der Waals surface area (Å²) in [6.45, 7) is 3.92. The number of hydrazine groups is 1. The van der Waals surface area contributed by atoms with Crippen LogP contribution in [-0.2, 0) is 0 Å². The second-order valence-electron chi connectivity index (χ2n) is 4.60. The summed E-state index contributed by atoms with van der Waals surface area (Å²) < 4.78 is 26.2. The minimum absolute atomic E-state index is 0.0710. The van der Waals surface area contributed by atoms with Crippen LogP contribution < -0.4 is 5.43 Å². The highest BCUT2D eigenvalue weighted by atomic mass is 19.1. The Morgan fingerprint density at radius 3 is 2.24 bits per heavy atom. The fraction of sp³-hybridized carbons (Fsp3) is 0.538. The van der Waals surface area contributed by atoms with Crippen molar-refractivity contribution in [1.29, 1.82) is 0 Å². The van der Waals surface area contributed by atoms with Gasteiger partial charge in [-0.3, -0.25) is 0 Å². The lowest BCUT2D eigenvalue weighted by Gasteiger charge is -2.30. The summed E-state index contributed by atoms with van der Waals surface area (Å²) >= 11 is 0. The molecule has 1 unspecified atom stereocenters. The molecule has 0 spiro atoms. The average molecular weight is 240 g/mol. The van der Waals surface area contributed by atoms with E-state index >= 15 is 0 Å². The molecule has 0 radical (unpaired) electrons. The van der Waals surface area contributed by atoms with Crippen LogP contribution in [0.5, 0.6) is 0 Å². The highest BCUT2D eigenvalue weighted by Crippen LogP contribution is 2.17. The molecule has 0 bridgehead atoms. The standard InChI is InChI=1S/C13H18F2N2/c1-10(16-17-5-3-2-4-6-17)11-7-12(14)9-13(15)8-11/h7-10,16H,2-6H2,1H3. The second kappa shape index (κ2) is 5.56. The van der Waals surface area contributed by atoms with Gasteiger partial charge in [0.1, 0.15) is 11.6 Å². The first-order valence-electron chi connectivity index (χ1n) is 6.12. The molecule has 0 aliphatic carbocycles. The van der Waals surface area contributed by atoms with E-state index in [9.17, 15) is 8.78 Å². The van der Waals surface area contributed by atoms with Crippen LogP contribution in [0.3, 0.4) is 0 Å². The predicted octanol–water partition coefficient (Wildman–Crippen LogP) is 3.02. The van der Waals surface area contributed by atoms with Crippen molar-refractivity contribution in [3.05, 3.63) is 35.4 Å². The molecule has 1 N–H and O–H groups in total. The topological polar surface area (TPSA) is 15.3 Å². The van der Waals surface area contributed by atoms with Crippen molar-refractivity contribution in [3.8, 4) is 0 Å². The molecule has 2 rings (SSSR count). The molecule has 1 aliphatic heterocycles. The van der Waals surface area contributed by atoms with E-state index in [1.807, 2.05) is 6.92 Å². The first kappa shape index (κ1) is 12.5. The van der Waals surface area contributed by atoms with E-state index in [4.69, 9.17) is 0 Å². The molecule has 2 nitrogen and oxygen atoms in total. The Balaban J connectivity index is 2.00. The number of rotatable bonds is 3. The van der Waals surface area contributed by atoms with Gasteiger partial charge < -0.3 is 0 Å². The number of halogens is 2. The largest absolute Gasteiger partial charge is 0.248 e. The van der Waals surface area contributed by atoms with Gasteiger partial charge in [-0.25, -0.2) is 19.2 Å². The number of nitrogens with zero attached hydrogens (tertiary/aromatic N) is 1. The zero-order valence-corrected chi connectivity index (χ0v) is 10.0. The molecule has 0 saturated carbocycles. The maximum absolute atomic E-state index is 13.1. The van der Waals surface area contributed by atoms with Gasteiger partial charge in [-0.15, -0.1) is 0 Å². The third-order valence-electron chi connectivity index (χ3n) is 3.12. The van der Waals surface area contributed by atoms with Gasteiger partial charge in [-0.1, -0.05) is 6.42 Å². The molecule has 1 atom stereocenters. The third kappa shape index (κ3) is 3.48. The molecular formula is C13H18F2N2. The van der Waals surface area contributed by atoms with Gasteiger partial charge in [0.2, 0.25) is 0 Å². The normalized spacial score (nSPS) is 19.2. The maximum atomic E-state index is 13.1. The van der Waals surface area contributed by atoms with E-state index in [2.05, 4.69) is 10.4 Å². The van der Waals surface area contributed by atoms with E-state index in [0.717, 1.165) is 19.2 Å². The van der Waals surface area contributed by atoms with Crippen molar-refractivity contribution < 1.29 is 8.78 Å². The Morgan fingerprint density at radius 2 is 1.65 bits per heavy atom. The number of nitrogens with one attached hydrogen (secondary N) is 1. The number of hydrogen-bond acceptors (Lipinski definition) is 2. The molecule has 1 fully saturated rings. The zero-order valence-electron chi connectivity index (χ0n) is 10.0. The van der Waals surface area contributed by atoms with Crippen LogP contribution in [0.25, 0.3) is 0 Å². The lowest BCUT2D eigenvalue weighted by atomic mass is 10.1. The molecule has 0 aromatic heterocycles. The van der Waals surface area contributed by atoms with Gasteiger partial charge in [-0.2, -0.15) is 0 Å². The molecule has 17 heavy (non-hydrogen) atoms. The average Bonchev–Trinajstić information content (AvgIpc) is 2.29. The minimum Gasteiger partial charge on any atom is -0.248 e. The van der Waals surface area contributed by atoms with Crippen molar-refractivity contribution in [2.45, 2.75) is 32.2 Å². The molecular weight excluding hydrogens is 222 g/mol. The van der Waals surface area contributed by atoms with Crippen molar-refractivity contribution in [1.82, 2.24) is 10.4 Å². The van der Waals surface area contributed by atoms with Gasteiger partial charge in [0.25, 0.3) is 0 Å². The van der Waals surface area contributed by atoms with Gasteiger partial charge in [0, 0.05) is 25.2 Å². The van der Waals surface area contributed by atoms with E-state index in [1.54, 1.807) is 0 Å². The van der Waals surface area contributed by atoms with Crippen LogP contribution >= 0.6 is 0 Å². The Kier molecular flexibility index (Phi) is 4.07. The van der Waals surface area contributed by atoms with Crippen LogP contribution in [0.4, 0.5) is 8.78 Å². The Bertz CT molecular complexity index is 355. The van der Waals surface area contributed by atoms with E-state index in [1.165, 1.54) is 31.4 Å². The summed E-state index contributed by atoms with van der Waals surface area (Å²) in [5.41, 5.74) is 3.94.